The average Bonchev–Trinajstić information content (AvgIpc) is 3.24. The fourth-order valence-electron chi connectivity index (χ4n) is 7.07. The molecular weight excluding hydrogens is 554 g/mol. The number of rotatable bonds is 11. The molecule has 7 atom stereocenters. The van der Waals surface area contributed by atoms with Gasteiger partial charge >= 0.3 is 11.9 Å². The van der Waals surface area contributed by atoms with E-state index in [2.05, 4.69) is 17.6 Å². The predicted octanol–water partition coefficient (Wildman–Crippen LogP) is 1.28. The van der Waals surface area contributed by atoms with Gasteiger partial charge in [0.05, 0.1) is 11.0 Å². The molecule has 226 valence electrons. The Hall–Kier alpha value is -3.03. The van der Waals surface area contributed by atoms with Crippen LogP contribution in [0.5, 0.6) is 11.5 Å². The molecule has 1 aromatic rings. The zero-order valence-electron chi connectivity index (χ0n) is 23.0. The van der Waals surface area contributed by atoms with Crippen LogP contribution in [0.3, 0.4) is 0 Å². The minimum Gasteiger partial charge on any atom is -0.504 e. The molecule has 13 heteroatoms. The lowest BCUT2D eigenvalue weighted by atomic mass is 9.55. The number of aliphatic hydroxyl groups excluding tert-OH is 1. The van der Waals surface area contributed by atoms with Gasteiger partial charge in [-0.2, -0.15) is 0 Å². The van der Waals surface area contributed by atoms with E-state index in [1.54, 1.807) is 0 Å². The maximum atomic E-state index is 12.7. The number of carbonyl (C=O) groups is 4. The third-order valence-corrected chi connectivity index (χ3v) is 10.5. The number of phenolic OH excluding ortho intramolecular Hbond substituents is 2. The number of aliphatic hydroxyl groups is 1. The van der Waals surface area contributed by atoms with Gasteiger partial charge in [-0.3, -0.25) is 19.2 Å². The molecule has 2 fully saturated rings. The van der Waals surface area contributed by atoms with Crippen molar-refractivity contribution in [1.82, 2.24) is 10.6 Å². The van der Waals surface area contributed by atoms with Crippen molar-refractivity contribution in [3.63, 3.8) is 0 Å². The summed E-state index contributed by atoms with van der Waals surface area (Å²) in [4.78, 5) is 47.4. The summed E-state index contributed by atoms with van der Waals surface area (Å²) >= 11 is 1.04. The second kappa shape index (κ2) is 12.5. The number of phenols is 2. The highest BCUT2D eigenvalue weighted by atomic mass is 32.2. The number of carbonyl (C=O) groups excluding carboxylic acids is 2. The van der Waals surface area contributed by atoms with Crippen LogP contribution in [0.25, 0.3) is 0 Å². The number of carboxylic acids is 2. The summed E-state index contributed by atoms with van der Waals surface area (Å²) in [6.45, 7) is 1.51. The molecule has 0 saturated heterocycles. The Labute approximate surface area is 242 Å². The lowest BCUT2D eigenvalue weighted by Gasteiger charge is -2.50. The monoisotopic (exact) mass is 593 g/mol. The van der Waals surface area contributed by atoms with Crippen molar-refractivity contribution >= 4 is 35.5 Å². The summed E-state index contributed by atoms with van der Waals surface area (Å²) in [6, 6.07) is -0.604. The molecule has 1 aromatic carbocycles. The number of amides is 2. The van der Waals surface area contributed by atoms with Gasteiger partial charge < -0.3 is 41.9 Å². The molecule has 0 spiro atoms. The van der Waals surface area contributed by atoms with Crippen LogP contribution in [0.1, 0.15) is 68.9 Å². The van der Waals surface area contributed by atoms with Crippen LogP contribution in [0.2, 0.25) is 0 Å². The van der Waals surface area contributed by atoms with Crippen molar-refractivity contribution in [2.45, 2.75) is 87.3 Å². The van der Waals surface area contributed by atoms with Crippen molar-refractivity contribution in [3.8, 4) is 11.5 Å². The van der Waals surface area contributed by atoms with Gasteiger partial charge in [0.1, 0.15) is 18.6 Å². The van der Waals surface area contributed by atoms with Crippen LogP contribution in [0, 0.1) is 17.3 Å². The zero-order valence-corrected chi connectivity index (χ0v) is 23.8. The summed E-state index contributed by atoms with van der Waals surface area (Å²) in [6.07, 6.45) is 4.22. The van der Waals surface area contributed by atoms with Gasteiger partial charge in [0.25, 0.3) is 0 Å². The Kier molecular flexibility index (Phi) is 9.39. The summed E-state index contributed by atoms with van der Waals surface area (Å²) < 4.78 is 0. The van der Waals surface area contributed by atoms with E-state index in [4.69, 9.17) is 15.9 Å². The van der Waals surface area contributed by atoms with E-state index in [1.165, 1.54) is 0 Å². The normalized spacial score (nSPS) is 28.0. The third-order valence-electron chi connectivity index (χ3n) is 9.36. The van der Waals surface area contributed by atoms with E-state index in [-0.39, 0.29) is 47.5 Å². The van der Waals surface area contributed by atoms with E-state index in [9.17, 15) is 34.5 Å². The van der Waals surface area contributed by atoms with Crippen molar-refractivity contribution in [2.24, 2.45) is 23.0 Å². The first kappa shape index (κ1) is 30.9. The van der Waals surface area contributed by atoms with E-state index in [1.807, 2.05) is 6.07 Å². The number of hydrogen-bond donors (Lipinski definition) is 8. The Morgan fingerprint density at radius 3 is 2.54 bits per heavy atom. The number of nitrogens with two attached hydrogens (primary N) is 1. The molecule has 0 radical (unpaired) electrons. The van der Waals surface area contributed by atoms with E-state index in [0.717, 1.165) is 49.4 Å². The fourth-order valence-corrected chi connectivity index (χ4v) is 8.10. The maximum Gasteiger partial charge on any atom is 0.322 e. The third kappa shape index (κ3) is 6.41. The first-order valence-corrected chi connectivity index (χ1v) is 15.0. The van der Waals surface area contributed by atoms with Crippen LogP contribution in [0.4, 0.5) is 0 Å². The molecular formula is C28H39N3O9S. The second-order valence-electron chi connectivity index (χ2n) is 11.7. The van der Waals surface area contributed by atoms with E-state index < -0.39 is 42.4 Å². The smallest absolute Gasteiger partial charge is 0.322 e. The Balaban J connectivity index is 1.52. The second-order valence-corrected chi connectivity index (χ2v) is 12.8. The molecule has 9 N–H and O–H groups in total. The molecule has 2 amide bonds. The first-order chi connectivity index (χ1) is 19.3. The maximum absolute atomic E-state index is 12.7. The van der Waals surface area contributed by atoms with Crippen molar-refractivity contribution in [3.05, 3.63) is 17.2 Å². The van der Waals surface area contributed by atoms with Crippen LogP contribution >= 0.6 is 11.8 Å². The molecule has 0 bridgehead atoms. The summed E-state index contributed by atoms with van der Waals surface area (Å²) in [5.74, 6) is -3.63. The number of thioether (sulfide) groups is 1. The molecule has 2 unspecified atom stereocenters. The van der Waals surface area contributed by atoms with Crippen LogP contribution in [-0.4, -0.2) is 79.8 Å². The van der Waals surface area contributed by atoms with Crippen LogP contribution < -0.4 is 16.4 Å². The number of hydrogen-bond acceptors (Lipinski definition) is 9. The average molecular weight is 594 g/mol. The lowest BCUT2D eigenvalue weighted by Crippen LogP contribution is -2.49. The van der Waals surface area contributed by atoms with Crippen molar-refractivity contribution in [1.29, 1.82) is 0 Å². The van der Waals surface area contributed by atoms with Crippen molar-refractivity contribution < 1.29 is 44.7 Å². The minimum atomic E-state index is -1.27. The number of aliphatic carboxylic acids is 2. The molecule has 0 aromatic heterocycles. The Morgan fingerprint density at radius 2 is 1.85 bits per heavy atom. The molecule has 0 aliphatic heterocycles. The highest BCUT2D eigenvalue weighted by Crippen LogP contribution is 2.62. The molecule has 12 nitrogen and oxygen atoms in total. The minimum absolute atomic E-state index is 0.0883. The van der Waals surface area contributed by atoms with Gasteiger partial charge in [0.15, 0.2) is 11.5 Å². The number of nitrogens with one attached hydrogen (secondary N) is 2. The molecule has 3 aliphatic rings. The van der Waals surface area contributed by atoms with Crippen molar-refractivity contribution in [2.75, 3.05) is 12.3 Å². The van der Waals surface area contributed by atoms with Crippen LogP contribution in [0.15, 0.2) is 11.0 Å². The number of aromatic hydroxyl groups is 2. The number of fused-ring (bicyclic) bond motifs is 5. The molecule has 4 rings (SSSR count). The molecule has 41 heavy (non-hydrogen) atoms. The highest BCUT2D eigenvalue weighted by Gasteiger charge is 2.54. The SMILES string of the molecule is C[C@]12CC[C@@H]3c4cc(SCC(NC(=O)CCC(N)C(=O)O)C(=O)NCC(=O)O)c(O)c(O)c4CC[C@H]3[C@@H]1CC[C@@H]2O. The molecule has 0 heterocycles. The topological polar surface area (TPSA) is 220 Å². The zero-order chi connectivity index (χ0) is 30.1. The number of benzene rings is 1. The summed E-state index contributed by atoms with van der Waals surface area (Å²) in [7, 11) is 0. The van der Waals surface area contributed by atoms with Gasteiger partial charge in [-0.25, -0.2) is 0 Å². The van der Waals surface area contributed by atoms with Gasteiger partial charge in [-0.05, 0) is 79.7 Å². The van der Waals surface area contributed by atoms with Gasteiger partial charge in [-0.1, -0.05) is 6.92 Å². The largest absolute Gasteiger partial charge is 0.504 e. The fraction of sp³-hybridized carbons (Fsp3) is 0.643. The molecule has 2 saturated carbocycles. The van der Waals surface area contributed by atoms with Gasteiger partial charge in [0.2, 0.25) is 11.8 Å². The Morgan fingerprint density at radius 1 is 1.12 bits per heavy atom. The lowest BCUT2D eigenvalue weighted by molar-refractivity contribution is -0.139. The van der Waals surface area contributed by atoms with E-state index in [0.29, 0.717) is 28.7 Å². The van der Waals surface area contributed by atoms with Gasteiger partial charge in [0, 0.05) is 17.7 Å². The standard InChI is InChI=1S/C28H39N3O9S/c1-28-9-8-13-14(17(28)4-6-21(28)32)2-3-15-16(13)10-20(25(37)24(15)36)41-12-19(26(38)30-11-23(34)35)31-22(33)7-5-18(29)27(39)40/h10,13-14,17-19,21,32,36-37H,2-9,11-12,29H2,1H3,(H,30,38)(H,31,33)(H,34,35)(H,39,40)/t13-,14+,17-,18?,19?,21-,28-/m0/s1. The first-order valence-electron chi connectivity index (χ1n) is 14.0. The quantitative estimate of drug-likeness (QED) is 0.135. The molecule has 3 aliphatic carbocycles. The highest BCUT2D eigenvalue weighted by molar-refractivity contribution is 7.99. The van der Waals surface area contributed by atoms with E-state index >= 15 is 0 Å². The summed E-state index contributed by atoms with van der Waals surface area (Å²) in [5.41, 5.74) is 7.02. The summed E-state index contributed by atoms with van der Waals surface area (Å²) in [5, 5.41) is 55.1. The predicted molar refractivity (Wildman–Crippen MR) is 149 cm³/mol. The van der Waals surface area contributed by atoms with Gasteiger partial charge in [-0.15, -0.1) is 11.8 Å². The number of carboxylic acid groups (broad SMARTS) is 2. The van der Waals surface area contributed by atoms with Crippen LogP contribution in [-0.2, 0) is 25.6 Å². The Bertz CT molecular complexity index is 1210.